The van der Waals surface area contributed by atoms with Crippen molar-refractivity contribution >= 4 is 0 Å². The second-order valence-electron chi connectivity index (χ2n) is 2.17. The molecule has 2 atom stereocenters. The van der Waals surface area contributed by atoms with Gasteiger partial charge in [0, 0.05) is 6.61 Å². The third-order valence-corrected chi connectivity index (χ3v) is 1.46. The predicted octanol–water partition coefficient (Wildman–Crippen LogP) is 0.160. The Morgan fingerprint density at radius 3 is 2.89 bits per heavy atom. The van der Waals surface area contributed by atoms with Gasteiger partial charge in [-0.3, -0.25) is 0 Å². The summed E-state index contributed by atoms with van der Waals surface area (Å²) < 4.78 is 5.05. The number of ether oxygens (including phenoxy) is 1. The Morgan fingerprint density at radius 2 is 2.44 bits per heavy atom. The Labute approximate surface area is 54.8 Å². The molecule has 1 N–H and O–H groups in total. The van der Waals surface area contributed by atoms with Crippen LogP contribution in [0.1, 0.15) is 12.8 Å². The van der Waals surface area contributed by atoms with Gasteiger partial charge in [0.1, 0.15) is 6.10 Å². The van der Waals surface area contributed by atoms with Crippen molar-refractivity contribution in [3.63, 3.8) is 0 Å². The van der Waals surface area contributed by atoms with Gasteiger partial charge in [0.2, 0.25) is 0 Å². The van der Waals surface area contributed by atoms with E-state index in [4.69, 9.17) is 16.3 Å². The van der Waals surface area contributed by atoms with Crippen molar-refractivity contribution in [3.8, 4) is 12.3 Å². The standard InChI is InChI=1S/C7H10O2/c1-2-7-6(8)4-3-5-9-7/h1,6-8H,3-5H2/t6-,7-/m0/s1. The molecule has 1 aliphatic rings. The van der Waals surface area contributed by atoms with E-state index in [0.717, 1.165) is 12.8 Å². The maximum atomic E-state index is 9.10. The van der Waals surface area contributed by atoms with Crippen molar-refractivity contribution in [1.82, 2.24) is 0 Å². The van der Waals surface area contributed by atoms with Gasteiger partial charge in [-0.2, -0.15) is 0 Å². The fraction of sp³-hybridized carbons (Fsp3) is 0.714. The van der Waals surface area contributed by atoms with Gasteiger partial charge in [0.15, 0.2) is 0 Å². The van der Waals surface area contributed by atoms with E-state index in [9.17, 15) is 0 Å². The fourth-order valence-corrected chi connectivity index (χ4v) is 0.924. The highest BCUT2D eigenvalue weighted by molar-refractivity contribution is 4.99. The maximum absolute atomic E-state index is 9.10. The number of aliphatic hydroxyl groups excluding tert-OH is 1. The molecule has 1 aliphatic heterocycles. The number of terminal acetylenes is 1. The molecule has 0 aromatic rings. The van der Waals surface area contributed by atoms with Crippen LogP contribution in [0.5, 0.6) is 0 Å². The van der Waals surface area contributed by atoms with E-state index in [1.165, 1.54) is 0 Å². The summed E-state index contributed by atoms with van der Waals surface area (Å²) >= 11 is 0. The molecule has 0 spiro atoms. The Balaban J connectivity index is 2.41. The van der Waals surface area contributed by atoms with Crippen LogP contribution in [0.3, 0.4) is 0 Å². The summed E-state index contributed by atoms with van der Waals surface area (Å²) in [4.78, 5) is 0. The van der Waals surface area contributed by atoms with Gasteiger partial charge in [-0.1, -0.05) is 5.92 Å². The number of hydrogen-bond donors (Lipinski definition) is 1. The zero-order valence-corrected chi connectivity index (χ0v) is 5.21. The van der Waals surface area contributed by atoms with Gasteiger partial charge in [0.25, 0.3) is 0 Å². The Bertz CT molecular complexity index is 125. The highest BCUT2D eigenvalue weighted by Gasteiger charge is 2.20. The molecule has 1 rings (SSSR count). The van der Waals surface area contributed by atoms with Crippen molar-refractivity contribution in [2.24, 2.45) is 0 Å². The molecule has 1 saturated heterocycles. The lowest BCUT2D eigenvalue weighted by molar-refractivity contribution is -0.0433. The van der Waals surface area contributed by atoms with E-state index in [1.54, 1.807) is 0 Å². The second-order valence-corrected chi connectivity index (χ2v) is 2.17. The molecule has 2 nitrogen and oxygen atoms in total. The van der Waals surface area contributed by atoms with E-state index in [1.807, 2.05) is 0 Å². The van der Waals surface area contributed by atoms with Crippen LogP contribution in [0.15, 0.2) is 0 Å². The van der Waals surface area contributed by atoms with Gasteiger partial charge in [0.05, 0.1) is 6.10 Å². The molecule has 50 valence electrons. The summed E-state index contributed by atoms with van der Waals surface area (Å²) in [6, 6.07) is 0. The van der Waals surface area contributed by atoms with Crippen LogP contribution in [0.2, 0.25) is 0 Å². The van der Waals surface area contributed by atoms with Crippen molar-refractivity contribution < 1.29 is 9.84 Å². The van der Waals surface area contributed by atoms with Gasteiger partial charge in [-0.25, -0.2) is 0 Å². The van der Waals surface area contributed by atoms with Crippen molar-refractivity contribution in [1.29, 1.82) is 0 Å². The SMILES string of the molecule is C#C[C@@H]1OCCC[C@@H]1O. The molecule has 0 aromatic carbocycles. The lowest BCUT2D eigenvalue weighted by Gasteiger charge is -2.23. The van der Waals surface area contributed by atoms with Gasteiger partial charge < -0.3 is 9.84 Å². The Kier molecular flexibility index (Phi) is 2.10. The van der Waals surface area contributed by atoms with Crippen LogP contribution in [0, 0.1) is 12.3 Å². The quantitative estimate of drug-likeness (QED) is 0.468. The first-order chi connectivity index (χ1) is 4.34. The van der Waals surface area contributed by atoms with Crippen LogP contribution in [-0.4, -0.2) is 23.9 Å². The zero-order chi connectivity index (χ0) is 6.69. The normalized spacial score (nSPS) is 35.6. The molecule has 0 aliphatic carbocycles. The van der Waals surface area contributed by atoms with E-state index >= 15 is 0 Å². The van der Waals surface area contributed by atoms with Crippen molar-refractivity contribution in [2.45, 2.75) is 25.0 Å². The third-order valence-electron chi connectivity index (χ3n) is 1.46. The van der Waals surface area contributed by atoms with Crippen LogP contribution in [0.25, 0.3) is 0 Å². The van der Waals surface area contributed by atoms with E-state index in [0.29, 0.717) is 6.61 Å². The summed E-state index contributed by atoms with van der Waals surface area (Å²) in [5.74, 6) is 2.38. The lowest BCUT2D eigenvalue weighted by atomic mass is 10.1. The zero-order valence-electron chi connectivity index (χ0n) is 5.21. The summed E-state index contributed by atoms with van der Waals surface area (Å²) in [5.41, 5.74) is 0. The predicted molar refractivity (Wildman–Crippen MR) is 33.8 cm³/mol. The molecular formula is C7H10O2. The molecule has 0 amide bonds. The third kappa shape index (κ3) is 1.44. The first kappa shape index (κ1) is 6.60. The number of hydrogen-bond acceptors (Lipinski definition) is 2. The summed E-state index contributed by atoms with van der Waals surface area (Å²) in [6.07, 6.45) is 5.94. The highest BCUT2D eigenvalue weighted by Crippen LogP contribution is 2.12. The fourth-order valence-electron chi connectivity index (χ4n) is 0.924. The minimum absolute atomic E-state index is 0.362. The molecule has 0 bridgehead atoms. The average Bonchev–Trinajstić information content (AvgIpc) is 1.89. The van der Waals surface area contributed by atoms with E-state index < -0.39 is 6.10 Å². The van der Waals surface area contributed by atoms with Crippen LogP contribution in [-0.2, 0) is 4.74 Å². The van der Waals surface area contributed by atoms with E-state index in [2.05, 4.69) is 5.92 Å². The molecule has 0 radical (unpaired) electrons. The molecule has 9 heavy (non-hydrogen) atoms. The smallest absolute Gasteiger partial charge is 0.143 e. The maximum Gasteiger partial charge on any atom is 0.143 e. The average molecular weight is 126 g/mol. The highest BCUT2D eigenvalue weighted by atomic mass is 16.5. The molecule has 0 aromatic heterocycles. The molecule has 2 heteroatoms. The van der Waals surface area contributed by atoms with E-state index in [-0.39, 0.29) is 6.10 Å². The second kappa shape index (κ2) is 2.86. The first-order valence-electron chi connectivity index (χ1n) is 3.10. The largest absolute Gasteiger partial charge is 0.389 e. The number of rotatable bonds is 0. The monoisotopic (exact) mass is 126 g/mol. The number of aliphatic hydroxyl groups is 1. The van der Waals surface area contributed by atoms with Crippen molar-refractivity contribution in [3.05, 3.63) is 0 Å². The topological polar surface area (TPSA) is 29.5 Å². The molecule has 1 heterocycles. The lowest BCUT2D eigenvalue weighted by Crippen LogP contribution is -2.32. The summed E-state index contributed by atoms with van der Waals surface area (Å²) in [6.45, 7) is 0.686. The van der Waals surface area contributed by atoms with Crippen LogP contribution < -0.4 is 0 Å². The molecule has 0 saturated carbocycles. The molecular weight excluding hydrogens is 116 g/mol. The van der Waals surface area contributed by atoms with Crippen molar-refractivity contribution in [2.75, 3.05) is 6.61 Å². The van der Waals surface area contributed by atoms with Gasteiger partial charge in [-0.15, -0.1) is 6.42 Å². The Hall–Kier alpha value is -0.520. The first-order valence-corrected chi connectivity index (χ1v) is 3.10. The van der Waals surface area contributed by atoms with Gasteiger partial charge >= 0.3 is 0 Å². The summed E-state index contributed by atoms with van der Waals surface area (Å²) in [5, 5.41) is 9.10. The molecule has 1 fully saturated rings. The Morgan fingerprint density at radius 1 is 1.67 bits per heavy atom. The minimum atomic E-state index is -0.441. The van der Waals surface area contributed by atoms with Gasteiger partial charge in [-0.05, 0) is 12.8 Å². The molecule has 0 unspecified atom stereocenters. The summed E-state index contributed by atoms with van der Waals surface area (Å²) in [7, 11) is 0. The van der Waals surface area contributed by atoms with Crippen LogP contribution in [0.4, 0.5) is 0 Å². The minimum Gasteiger partial charge on any atom is -0.389 e. The van der Waals surface area contributed by atoms with Crippen LogP contribution >= 0.6 is 0 Å².